The smallest absolute Gasteiger partial charge is 0.407 e. The first-order valence-corrected chi connectivity index (χ1v) is 12.2. The van der Waals surface area contributed by atoms with Gasteiger partial charge in [-0.05, 0) is 50.8 Å². The van der Waals surface area contributed by atoms with Crippen LogP contribution in [0.15, 0.2) is 24.3 Å². The molecule has 1 aromatic carbocycles. The molecule has 2 aromatic heterocycles. The lowest BCUT2D eigenvalue weighted by atomic mass is 9.98. The van der Waals surface area contributed by atoms with Gasteiger partial charge in [0.2, 0.25) is 5.95 Å². The van der Waals surface area contributed by atoms with Crippen LogP contribution in [0.1, 0.15) is 31.4 Å². The molecule has 0 aliphatic carbocycles. The molecule has 5 heterocycles. The first-order valence-electron chi connectivity index (χ1n) is 12.2. The van der Waals surface area contributed by atoms with E-state index in [-0.39, 0.29) is 18.1 Å². The van der Waals surface area contributed by atoms with Gasteiger partial charge in [-0.3, -0.25) is 5.10 Å². The van der Waals surface area contributed by atoms with Crippen molar-refractivity contribution < 1.29 is 14.6 Å². The molecule has 35 heavy (non-hydrogen) atoms. The summed E-state index contributed by atoms with van der Waals surface area (Å²) in [6, 6.07) is 8.43. The molecule has 6 rings (SSSR count). The highest BCUT2D eigenvalue weighted by atomic mass is 16.5. The Bertz CT molecular complexity index is 1230. The Morgan fingerprint density at radius 3 is 2.60 bits per heavy atom. The number of ether oxygens (including phenoxy) is 1. The summed E-state index contributed by atoms with van der Waals surface area (Å²) >= 11 is 0. The van der Waals surface area contributed by atoms with Crippen molar-refractivity contribution in [1.29, 1.82) is 0 Å². The lowest BCUT2D eigenvalue weighted by Gasteiger charge is -2.37. The second kappa shape index (κ2) is 8.88. The first kappa shape index (κ1) is 21.9. The normalized spacial score (nSPS) is 24.1. The van der Waals surface area contributed by atoms with Crippen LogP contribution in [-0.4, -0.2) is 80.7 Å². The summed E-state index contributed by atoms with van der Waals surface area (Å²) in [5.74, 6) is 1.92. The zero-order valence-corrected chi connectivity index (χ0v) is 19.7. The van der Waals surface area contributed by atoms with Gasteiger partial charge in [0.05, 0.1) is 18.7 Å². The summed E-state index contributed by atoms with van der Waals surface area (Å²) in [5, 5.41) is 24.6. The molecule has 2 unspecified atom stereocenters. The van der Waals surface area contributed by atoms with Crippen molar-refractivity contribution in [2.75, 3.05) is 41.8 Å². The van der Waals surface area contributed by atoms with Crippen molar-refractivity contribution in [3.63, 3.8) is 0 Å². The molecule has 11 heteroatoms. The second-order valence-electron chi connectivity index (χ2n) is 9.65. The number of aromatic amines is 1. The molecule has 2 atom stereocenters. The molecular weight excluding hydrogens is 448 g/mol. The van der Waals surface area contributed by atoms with Crippen LogP contribution in [0.2, 0.25) is 0 Å². The number of anilines is 4. The molecule has 184 valence electrons. The van der Waals surface area contributed by atoms with Crippen molar-refractivity contribution >= 4 is 40.3 Å². The van der Waals surface area contributed by atoms with Crippen molar-refractivity contribution in [2.24, 2.45) is 0 Å². The fourth-order valence-corrected chi connectivity index (χ4v) is 5.69. The molecular formula is C24H30N8O3. The summed E-state index contributed by atoms with van der Waals surface area (Å²) < 4.78 is 5.51. The number of rotatable bonds is 5. The Kier molecular flexibility index (Phi) is 5.56. The highest BCUT2D eigenvalue weighted by Crippen LogP contribution is 2.37. The zero-order chi connectivity index (χ0) is 23.9. The fraction of sp³-hybridized carbons (Fsp3) is 0.500. The van der Waals surface area contributed by atoms with Crippen LogP contribution in [0.3, 0.4) is 0 Å². The maximum absolute atomic E-state index is 11.7. The molecule has 1 amide bonds. The maximum atomic E-state index is 11.7. The minimum Gasteiger partial charge on any atom is -0.465 e. The number of morpholine rings is 1. The van der Waals surface area contributed by atoms with Crippen LogP contribution in [0.5, 0.6) is 0 Å². The molecule has 3 aliphatic heterocycles. The quantitative estimate of drug-likeness (QED) is 0.436. The van der Waals surface area contributed by atoms with Crippen molar-refractivity contribution in [2.45, 2.75) is 50.7 Å². The van der Waals surface area contributed by atoms with E-state index in [1.54, 1.807) is 4.90 Å². The van der Waals surface area contributed by atoms with Crippen LogP contribution < -0.4 is 15.5 Å². The van der Waals surface area contributed by atoms with E-state index in [0.717, 1.165) is 74.3 Å². The molecule has 0 radical (unpaired) electrons. The number of hydrogen-bond acceptors (Lipinski definition) is 8. The third-order valence-electron chi connectivity index (χ3n) is 7.30. The van der Waals surface area contributed by atoms with Crippen LogP contribution in [-0.2, 0) is 4.74 Å². The van der Waals surface area contributed by atoms with Gasteiger partial charge >= 0.3 is 6.09 Å². The number of H-pyrrole nitrogens is 1. The van der Waals surface area contributed by atoms with E-state index in [0.29, 0.717) is 17.6 Å². The van der Waals surface area contributed by atoms with Crippen LogP contribution in [0.4, 0.5) is 28.1 Å². The monoisotopic (exact) mass is 478 g/mol. The van der Waals surface area contributed by atoms with Crippen molar-refractivity contribution in [3.8, 4) is 0 Å². The number of hydrogen-bond donors (Lipinski definition) is 4. The van der Waals surface area contributed by atoms with Gasteiger partial charge in [-0.15, -0.1) is 0 Å². The Hall–Kier alpha value is -3.60. The Morgan fingerprint density at radius 2 is 1.91 bits per heavy atom. The predicted octanol–water partition coefficient (Wildman–Crippen LogP) is 3.33. The fourth-order valence-electron chi connectivity index (χ4n) is 5.69. The van der Waals surface area contributed by atoms with Gasteiger partial charge in [-0.25, -0.2) is 9.78 Å². The van der Waals surface area contributed by atoms with Crippen LogP contribution in [0, 0.1) is 6.92 Å². The molecule has 3 aromatic rings. The topological polar surface area (TPSA) is 132 Å². The number of carboxylic acid groups (broad SMARTS) is 1. The van der Waals surface area contributed by atoms with E-state index in [4.69, 9.17) is 14.7 Å². The molecule has 3 saturated heterocycles. The lowest BCUT2D eigenvalue weighted by molar-refractivity contribution is 0.0993. The van der Waals surface area contributed by atoms with Gasteiger partial charge in [-0.1, -0.05) is 0 Å². The number of carbonyl (C=O) groups is 1. The summed E-state index contributed by atoms with van der Waals surface area (Å²) in [6.07, 6.45) is 2.55. The average Bonchev–Trinajstić information content (AvgIpc) is 3.39. The summed E-state index contributed by atoms with van der Waals surface area (Å²) in [4.78, 5) is 25.3. The molecule has 4 N–H and O–H groups in total. The Balaban J connectivity index is 1.31. The molecule has 3 fully saturated rings. The first-order chi connectivity index (χ1) is 17.0. The molecule has 2 bridgehead atoms. The number of benzene rings is 1. The number of aromatic nitrogens is 4. The van der Waals surface area contributed by atoms with Crippen molar-refractivity contribution in [3.05, 3.63) is 30.0 Å². The lowest BCUT2D eigenvalue weighted by Crippen LogP contribution is -2.49. The van der Waals surface area contributed by atoms with E-state index in [2.05, 4.69) is 43.9 Å². The number of aryl methyl sites for hydroxylation is 1. The molecule has 3 aliphatic rings. The highest BCUT2D eigenvalue weighted by Gasteiger charge is 2.43. The van der Waals surface area contributed by atoms with E-state index in [9.17, 15) is 9.90 Å². The number of amides is 1. The highest BCUT2D eigenvalue weighted by molar-refractivity contribution is 5.93. The minimum absolute atomic E-state index is 0.0572. The Labute approximate surface area is 202 Å². The summed E-state index contributed by atoms with van der Waals surface area (Å²) in [6.45, 7) is 5.10. The van der Waals surface area contributed by atoms with E-state index in [1.807, 2.05) is 13.0 Å². The number of nitrogens with zero attached hydrogens (tertiary/aromatic N) is 5. The second-order valence-corrected chi connectivity index (χ2v) is 9.65. The van der Waals surface area contributed by atoms with E-state index >= 15 is 0 Å². The van der Waals surface area contributed by atoms with Gasteiger partial charge in [-0.2, -0.15) is 10.1 Å². The van der Waals surface area contributed by atoms with Gasteiger partial charge in [0.1, 0.15) is 5.82 Å². The standard InChI is InChI=1S/C24H30N8O3/c1-14-10-21(30-29-14)27-22-19-5-4-16(31-6-8-35-9-7-31)13-20(19)26-23(28-22)25-15-11-17-2-3-18(12-15)32(17)24(33)34/h4-5,10,13,15,17-18H,2-3,6-9,11-12H2,1H3,(H,33,34)(H3,25,26,27,28,29,30). The maximum Gasteiger partial charge on any atom is 0.407 e. The van der Waals surface area contributed by atoms with Crippen LogP contribution >= 0.6 is 0 Å². The minimum atomic E-state index is -0.811. The SMILES string of the molecule is Cc1cc(Nc2nc(NC3CC4CCC(C3)N4C(=O)O)nc3cc(N4CCOCC4)ccc23)n[nH]1. The predicted molar refractivity (Wildman–Crippen MR) is 132 cm³/mol. The molecule has 11 nitrogen and oxygen atoms in total. The van der Waals surface area contributed by atoms with Gasteiger partial charge in [0, 0.05) is 54.0 Å². The van der Waals surface area contributed by atoms with Gasteiger partial charge < -0.3 is 30.3 Å². The number of piperidine rings is 1. The number of nitrogens with one attached hydrogen (secondary N) is 3. The van der Waals surface area contributed by atoms with Crippen molar-refractivity contribution in [1.82, 2.24) is 25.1 Å². The number of fused-ring (bicyclic) bond motifs is 3. The largest absolute Gasteiger partial charge is 0.465 e. The summed E-state index contributed by atoms with van der Waals surface area (Å²) in [7, 11) is 0. The third-order valence-corrected chi connectivity index (χ3v) is 7.30. The molecule has 0 spiro atoms. The zero-order valence-electron chi connectivity index (χ0n) is 19.7. The Morgan fingerprint density at radius 1 is 1.14 bits per heavy atom. The summed E-state index contributed by atoms with van der Waals surface area (Å²) in [5.41, 5.74) is 2.91. The molecule has 0 saturated carbocycles. The average molecular weight is 479 g/mol. The van der Waals surface area contributed by atoms with E-state index in [1.165, 1.54) is 0 Å². The van der Waals surface area contributed by atoms with Gasteiger partial charge in [0.25, 0.3) is 0 Å². The van der Waals surface area contributed by atoms with Gasteiger partial charge in [0.15, 0.2) is 5.82 Å². The third kappa shape index (κ3) is 4.31. The van der Waals surface area contributed by atoms with E-state index < -0.39 is 6.09 Å². The van der Waals surface area contributed by atoms with Crippen LogP contribution in [0.25, 0.3) is 10.9 Å².